The molecule has 0 atom stereocenters. The fraction of sp³-hybridized carbons (Fsp3) is 0.222. The van der Waals surface area contributed by atoms with E-state index in [1.807, 2.05) is 18.2 Å². The minimum Gasteiger partial charge on any atom is -0.365 e. The maximum atomic E-state index is 4.97. The van der Waals surface area contributed by atoms with Gasteiger partial charge in [0.2, 0.25) is 0 Å². The van der Waals surface area contributed by atoms with E-state index in [2.05, 4.69) is 26.3 Å². The van der Waals surface area contributed by atoms with E-state index in [4.69, 9.17) is 24.4 Å². The Kier molecular flexibility index (Phi) is 4.87. The first-order valence-electron chi connectivity index (χ1n) is 4.60. The smallest absolute Gasteiger partial charge is 0.171 e. The van der Waals surface area contributed by atoms with Crippen molar-refractivity contribution in [3.05, 3.63) is 18.2 Å². The van der Waals surface area contributed by atoms with Gasteiger partial charge < -0.3 is 21.3 Å². The van der Waals surface area contributed by atoms with Gasteiger partial charge in [-0.2, -0.15) is 0 Å². The summed E-state index contributed by atoms with van der Waals surface area (Å²) in [6, 6.07) is 5.49. The topological polar surface area (TPSA) is 61.0 Å². The Morgan fingerprint density at radius 2 is 1.44 bits per heavy atom. The van der Waals surface area contributed by atoms with Crippen molar-refractivity contribution in [3.63, 3.8) is 0 Å². The standard InChI is InChI=1S/C9H13N5S2/c1-10-8(15)13-6-4-3-5-7(12-6)14-9(16)11-2/h3-5H,1-2H3,(H4,10,11,12,13,14,15,16). The number of rotatable bonds is 2. The second-order valence-corrected chi connectivity index (χ2v) is 3.63. The molecule has 1 aromatic heterocycles. The third kappa shape index (κ3) is 3.95. The van der Waals surface area contributed by atoms with Crippen molar-refractivity contribution in [2.45, 2.75) is 0 Å². The van der Waals surface area contributed by atoms with Crippen LogP contribution in [0.5, 0.6) is 0 Å². The van der Waals surface area contributed by atoms with E-state index in [0.717, 1.165) is 0 Å². The number of anilines is 2. The fourth-order valence-electron chi connectivity index (χ4n) is 0.932. The Bertz CT molecular complexity index is 360. The van der Waals surface area contributed by atoms with Crippen LogP contribution in [0, 0.1) is 0 Å². The summed E-state index contributed by atoms with van der Waals surface area (Å²) < 4.78 is 0. The molecule has 0 fully saturated rings. The summed E-state index contributed by atoms with van der Waals surface area (Å²) in [4.78, 5) is 4.27. The highest BCUT2D eigenvalue weighted by Crippen LogP contribution is 2.08. The summed E-state index contributed by atoms with van der Waals surface area (Å²) in [7, 11) is 3.49. The van der Waals surface area contributed by atoms with Crippen LogP contribution in [0.1, 0.15) is 0 Å². The Labute approximate surface area is 105 Å². The lowest BCUT2D eigenvalue weighted by atomic mass is 10.4. The fourth-order valence-corrected chi connectivity index (χ4v) is 1.14. The van der Waals surface area contributed by atoms with Crippen LogP contribution < -0.4 is 21.3 Å². The number of nitrogens with one attached hydrogen (secondary N) is 4. The maximum Gasteiger partial charge on any atom is 0.171 e. The van der Waals surface area contributed by atoms with Gasteiger partial charge in [-0.05, 0) is 36.6 Å². The van der Waals surface area contributed by atoms with Crippen LogP contribution in [0.2, 0.25) is 0 Å². The Morgan fingerprint density at radius 3 is 1.81 bits per heavy atom. The average molecular weight is 255 g/mol. The molecule has 0 radical (unpaired) electrons. The van der Waals surface area contributed by atoms with E-state index in [9.17, 15) is 0 Å². The molecule has 0 aliphatic rings. The van der Waals surface area contributed by atoms with Crippen molar-refractivity contribution < 1.29 is 0 Å². The number of nitrogens with zero attached hydrogens (tertiary/aromatic N) is 1. The van der Waals surface area contributed by atoms with Gasteiger partial charge in [-0.1, -0.05) is 6.07 Å². The molecule has 0 saturated carbocycles. The quantitative estimate of drug-likeness (QED) is 0.586. The summed E-state index contributed by atoms with van der Waals surface area (Å²) in [5.41, 5.74) is 0. The first kappa shape index (κ1) is 12.6. The van der Waals surface area contributed by atoms with Crippen LogP contribution in [0.4, 0.5) is 11.6 Å². The lowest BCUT2D eigenvalue weighted by Gasteiger charge is -2.09. The molecule has 4 N–H and O–H groups in total. The lowest BCUT2D eigenvalue weighted by Crippen LogP contribution is -2.26. The van der Waals surface area contributed by atoms with Gasteiger partial charge in [0, 0.05) is 14.1 Å². The van der Waals surface area contributed by atoms with Crippen LogP contribution in [-0.2, 0) is 0 Å². The molecule has 5 nitrogen and oxygen atoms in total. The van der Waals surface area contributed by atoms with Gasteiger partial charge in [0.15, 0.2) is 10.2 Å². The summed E-state index contributed by atoms with van der Waals surface area (Å²) in [6.07, 6.45) is 0. The van der Waals surface area contributed by atoms with Crippen molar-refractivity contribution in [2.75, 3.05) is 24.7 Å². The monoisotopic (exact) mass is 255 g/mol. The van der Waals surface area contributed by atoms with Crippen molar-refractivity contribution in [2.24, 2.45) is 0 Å². The van der Waals surface area contributed by atoms with Crippen molar-refractivity contribution in [1.29, 1.82) is 0 Å². The third-order valence-corrected chi connectivity index (χ3v) is 2.30. The molecule has 0 aliphatic carbocycles. The minimum atomic E-state index is 0.515. The van der Waals surface area contributed by atoms with Crippen molar-refractivity contribution in [3.8, 4) is 0 Å². The Morgan fingerprint density at radius 1 is 1.00 bits per heavy atom. The third-order valence-electron chi connectivity index (χ3n) is 1.69. The van der Waals surface area contributed by atoms with Gasteiger partial charge >= 0.3 is 0 Å². The largest absolute Gasteiger partial charge is 0.365 e. The van der Waals surface area contributed by atoms with Crippen molar-refractivity contribution in [1.82, 2.24) is 15.6 Å². The molecule has 1 aromatic rings. The summed E-state index contributed by atoms with van der Waals surface area (Å²) in [6.45, 7) is 0. The zero-order chi connectivity index (χ0) is 12.0. The van der Waals surface area contributed by atoms with Crippen LogP contribution in [-0.4, -0.2) is 29.3 Å². The van der Waals surface area contributed by atoms with E-state index in [0.29, 0.717) is 21.9 Å². The molecule has 0 bridgehead atoms. The number of hydrogen-bond acceptors (Lipinski definition) is 3. The molecule has 0 aliphatic heterocycles. The van der Waals surface area contributed by atoms with E-state index in [1.165, 1.54) is 0 Å². The van der Waals surface area contributed by atoms with Crippen LogP contribution in [0.25, 0.3) is 0 Å². The first-order valence-corrected chi connectivity index (χ1v) is 5.42. The molecule has 0 aromatic carbocycles. The minimum absolute atomic E-state index is 0.515. The molecule has 0 saturated heterocycles. The molecule has 0 unspecified atom stereocenters. The van der Waals surface area contributed by atoms with Gasteiger partial charge in [-0.25, -0.2) is 4.98 Å². The second-order valence-electron chi connectivity index (χ2n) is 2.82. The van der Waals surface area contributed by atoms with Gasteiger partial charge in [0.25, 0.3) is 0 Å². The molecule has 1 heterocycles. The maximum absolute atomic E-state index is 4.97. The lowest BCUT2D eigenvalue weighted by molar-refractivity contribution is 1.17. The normalized spacial score (nSPS) is 9.12. The first-order chi connectivity index (χ1) is 7.65. The van der Waals surface area contributed by atoms with E-state index in [1.54, 1.807) is 14.1 Å². The van der Waals surface area contributed by atoms with Gasteiger partial charge in [0.1, 0.15) is 11.6 Å². The van der Waals surface area contributed by atoms with Crippen molar-refractivity contribution >= 4 is 46.3 Å². The Balaban J connectivity index is 2.71. The molecule has 7 heteroatoms. The van der Waals surface area contributed by atoms with Gasteiger partial charge in [-0.3, -0.25) is 0 Å². The summed E-state index contributed by atoms with van der Waals surface area (Å²) >= 11 is 9.94. The number of thiocarbonyl (C=S) groups is 2. The molecule has 0 amide bonds. The van der Waals surface area contributed by atoms with Gasteiger partial charge in [0.05, 0.1) is 0 Å². The average Bonchev–Trinajstić information content (AvgIpc) is 2.29. The summed E-state index contributed by atoms with van der Waals surface area (Å²) in [5.74, 6) is 1.31. The predicted molar refractivity (Wildman–Crippen MR) is 74.8 cm³/mol. The summed E-state index contributed by atoms with van der Waals surface area (Å²) in [5, 5.41) is 12.5. The molecule has 1 rings (SSSR count). The Hall–Kier alpha value is -1.47. The van der Waals surface area contributed by atoms with Crippen LogP contribution in [0.3, 0.4) is 0 Å². The molecular formula is C9H13N5S2. The SMILES string of the molecule is CNC(=S)Nc1cccc(NC(=S)NC)n1. The number of hydrogen-bond donors (Lipinski definition) is 4. The molecule has 86 valence electrons. The highest BCUT2D eigenvalue weighted by atomic mass is 32.1. The molecule has 16 heavy (non-hydrogen) atoms. The number of pyridine rings is 1. The number of aromatic nitrogens is 1. The highest BCUT2D eigenvalue weighted by Gasteiger charge is 2.00. The van der Waals surface area contributed by atoms with Crippen LogP contribution in [0.15, 0.2) is 18.2 Å². The molecule has 0 spiro atoms. The van der Waals surface area contributed by atoms with Crippen LogP contribution >= 0.6 is 24.4 Å². The van der Waals surface area contributed by atoms with E-state index >= 15 is 0 Å². The highest BCUT2D eigenvalue weighted by molar-refractivity contribution is 7.80. The predicted octanol–water partition coefficient (Wildman–Crippen LogP) is 0.914. The molecular weight excluding hydrogens is 242 g/mol. The van der Waals surface area contributed by atoms with E-state index in [-0.39, 0.29) is 0 Å². The second kappa shape index (κ2) is 6.19. The zero-order valence-electron chi connectivity index (χ0n) is 9.00. The zero-order valence-corrected chi connectivity index (χ0v) is 10.6. The van der Waals surface area contributed by atoms with Gasteiger partial charge in [-0.15, -0.1) is 0 Å². The van der Waals surface area contributed by atoms with E-state index < -0.39 is 0 Å².